The van der Waals surface area contributed by atoms with Crippen molar-refractivity contribution in [1.82, 2.24) is 20.6 Å². The predicted octanol–water partition coefficient (Wildman–Crippen LogP) is -1.08. The molecule has 0 aliphatic heterocycles. The van der Waals surface area contributed by atoms with E-state index >= 15 is 0 Å². The highest BCUT2D eigenvalue weighted by Crippen LogP contribution is 1.94. The second kappa shape index (κ2) is 6.05. The lowest BCUT2D eigenvalue weighted by Gasteiger charge is -2.02. The summed E-state index contributed by atoms with van der Waals surface area (Å²) >= 11 is 0. The molecule has 1 amide bonds. The van der Waals surface area contributed by atoms with Gasteiger partial charge in [0.2, 0.25) is 0 Å². The zero-order valence-corrected chi connectivity index (χ0v) is 8.53. The fraction of sp³-hybridized carbons (Fsp3) is 0.444. The molecule has 0 radical (unpaired) electrons. The largest absolute Gasteiger partial charge is 0.395 e. The molecule has 0 saturated heterocycles. The summed E-state index contributed by atoms with van der Waals surface area (Å²) in [7, 11) is 1.54. The molecule has 15 heavy (non-hydrogen) atoms. The molecule has 0 bridgehead atoms. The highest BCUT2D eigenvalue weighted by atomic mass is 16.3. The number of carbonyl (C=O) groups excluding carboxylic acids is 1. The van der Waals surface area contributed by atoms with Crippen molar-refractivity contribution in [2.45, 2.75) is 6.54 Å². The molecule has 0 aliphatic carbocycles. The minimum Gasteiger partial charge on any atom is -0.395 e. The molecule has 0 unspecified atom stereocenters. The number of hydrogen-bond donors (Lipinski definition) is 3. The number of carbonyl (C=O) groups is 1. The lowest BCUT2D eigenvalue weighted by Crippen LogP contribution is -2.21. The predicted molar refractivity (Wildman–Crippen MR) is 54.2 cm³/mol. The average molecular weight is 210 g/mol. The minimum atomic E-state index is -0.252. The van der Waals surface area contributed by atoms with E-state index in [-0.39, 0.29) is 12.5 Å². The van der Waals surface area contributed by atoms with Crippen molar-refractivity contribution < 1.29 is 9.90 Å². The summed E-state index contributed by atoms with van der Waals surface area (Å²) < 4.78 is 0. The van der Waals surface area contributed by atoms with Crippen molar-refractivity contribution in [2.24, 2.45) is 0 Å². The fourth-order valence-electron chi connectivity index (χ4n) is 0.987. The van der Waals surface area contributed by atoms with Gasteiger partial charge in [0.15, 0.2) is 0 Å². The third-order valence-corrected chi connectivity index (χ3v) is 1.76. The summed E-state index contributed by atoms with van der Waals surface area (Å²) in [4.78, 5) is 19.1. The van der Waals surface area contributed by atoms with Crippen molar-refractivity contribution >= 4 is 5.91 Å². The van der Waals surface area contributed by atoms with E-state index in [2.05, 4.69) is 20.6 Å². The molecule has 6 nitrogen and oxygen atoms in total. The molecule has 0 aliphatic rings. The SMILES string of the molecule is CNC(=O)c1cnc(CNCCO)cn1. The molecule has 1 aromatic rings. The van der Waals surface area contributed by atoms with Crippen molar-refractivity contribution in [3.8, 4) is 0 Å². The smallest absolute Gasteiger partial charge is 0.271 e. The molecular weight excluding hydrogens is 196 g/mol. The second-order valence-corrected chi connectivity index (χ2v) is 2.87. The molecular formula is C9H14N4O2. The number of amides is 1. The first kappa shape index (κ1) is 11.5. The number of aliphatic hydroxyl groups is 1. The first-order chi connectivity index (χ1) is 7.27. The van der Waals surface area contributed by atoms with Crippen LogP contribution in [0.15, 0.2) is 12.4 Å². The highest BCUT2D eigenvalue weighted by molar-refractivity contribution is 5.91. The van der Waals surface area contributed by atoms with E-state index in [0.29, 0.717) is 18.8 Å². The van der Waals surface area contributed by atoms with Crippen LogP contribution in [0, 0.1) is 0 Å². The van der Waals surface area contributed by atoms with E-state index in [1.165, 1.54) is 12.4 Å². The number of nitrogens with one attached hydrogen (secondary N) is 2. The molecule has 82 valence electrons. The van der Waals surface area contributed by atoms with Crippen LogP contribution in [-0.4, -0.2) is 41.2 Å². The van der Waals surface area contributed by atoms with Gasteiger partial charge in [0, 0.05) is 20.1 Å². The molecule has 0 fully saturated rings. The summed E-state index contributed by atoms with van der Waals surface area (Å²) in [5.41, 5.74) is 1.03. The maximum absolute atomic E-state index is 11.1. The number of aliphatic hydroxyl groups excluding tert-OH is 1. The van der Waals surface area contributed by atoms with E-state index in [0.717, 1.165) is 5.69 Å². The molecule has 0 saturated carbocycles. The Hall–Kier alpha value is -1.53. The third kappa shape index (κ3) is 3.61. The lowest BCUT2D eigenvalue weighted by atomic mass is 10.4. The van der Waals surface area contributed by atoms with E-state index in [1.807, 2.05) is 0 Å². The quantitative estimate of drug-likeness (QED) is 0.538. The van der Waals surface area contributed by atoms with Crippen LogP contribution >= 0.6 is 0 Å². The van der Waals surface area contributed by atoms with Crippen molar-refractivity contribution in [3.05, 3.63) is 23.8 Å². The molecule has 6 heteroatoms. The average Bonchev–Trinajstić information content (AvgIpc) is 2.29. The van der Waals surface area contributed by atoms with Crippen LogP contribution in [-0.2, 0) is 6.54 Å². The van der Waals surface area contributed by atoms with Gasteiger partial charge in [0.05, 0.1) is 24.7 Å². The van der Waals surface area contributed by atoms with E-state index < -0.39 is 0 Å². The van der Waals surface area contributed by atoms with Gasteiger partial charge in [-0.05, 0) is 0 Å². The van der Waals surface area contributed by atoms with Gasteiger partial charge in [-0.25, -0.2) is 4.98 Å². The lowest BCUT2D eigenvalue weighted by molar-refractivity contribution is 0.0957. The van der Waals surface area contributed by atoms with Gasteiger partial charge in [-0.15, -0.1) is 0 Å². The number of aromatic nitrogens is 2. The summed E-state index contributed by atoms with van der Waals surface area (Å²) in [5, 5.41) is 14.0. The minimum absolute atomic E-state index is 0.0871. The van der Waals surface area contributed by atoms with Gasteiger partial charge < -0.3 is 15.7 Å². The Morgan fingerprint density at radius 2 is 2.27 bits per heavy atom. The Balaban J connectivity index is 2.52. The molecule has 0 atom stereocenters. The molecule has 1 heterocycles. The van der Waals surface area contributed by atoms with Gasteiger partial charge >= 0.3 is 0 Å². The van der Waals surface area contributed by atoms with Crippen LogP contribution < -0.4 is 10.6 Å². The van der Waals surface area contributed by atoms with Gasteiger partial charge in [0.1, 0.15) is 5.69 Å². The number of rotatable bonds is 5. The van der Waals surface area contributed by atoms with Crippen molar-refractivity contribution in [1.29, 1.82) is 0 Å². The summed E-state index contributed by atoms with van der Waals surface area (Å²) in [6.07, 6.45) is 2.96. The molecule has 1 aromatic heterocycles. The summed E-state index contributed by atoms with van der Waals surface area (Å²) in [6.45, 7) is 1.13. The van der Waals surface area contributed by atoms with E-state index in [4.69, 9.17) is 5.11 Å². The van der Waals surface area contributed by atoms with Gasteiger partial charge in [-0.3, -0.25) is 9.78 Å². The Morgan fingerprint density at radius 1 is 1.47 bits per heavy atom. The summed E-state index contributed by atoms with van der Waals surface area (Å²) in [5.74, 6) is -0.252. The first-order valence-corrected chi connectivity index (χ1v) is 4.62. The number of nitrogens with zero attached hydrogens (tertiary/aromatic N) is 2. The van der Waals surface area contributed by atoms with Crippen LogP contribution in [0.2, 0.25) is 0 Å². The Bertz CT molecular complexity index is 312. The first-order valence-electron chi connectivity index (χ1n) is 4.62. The van der Waals surface area contributed by atoms with Gasteiger partial charge in [-0.2, -0.15) is 0 Å². The standard InChI is InChI=1S/C9H14N4O2/c1-10-9(15)8-6-12-7(5-13-8)4-11-2-3-14/h5-6,11,14H,2-4H2,1H3,(H,10,15). The van der Waals surface area contributed by atoms with E-state index in [1.54, 1.807) is 7.05 Å². The topological polar surface area (TPSA) is 87.1 Å². The van der Waals surface area contributed by atoms with Crippen LogP contribution in [0.3, 0.4) is 0 Å². The molecule has 0 aromatic carbocycles. The third-order valence-electron chi connectivity index (χ3n) is 1.76. The number of hydrogen-bond acceptors (Lipinski definition) is 5. The Morgan fingerprint density at radius 3 is 2.80 bits per heavy atom. The van der Waals surface area contributed by atoms with Crippen LogP contribution in [0.4, 0.5) is 0 Å². The zero-order valence-electron chi connectivity index (χ0n) is 8.53. The second-order valence-electron chi connectivity index (χ2n) is 2.87. The van der Waals surface area contributed by atoms with Gasteiger partial charge in [-0.1, -0.05) is 0 Å². The van der Waals surface area contributed by atoms with E-state index in [9.17, 15) is 4.79 Å². The zero-order chi connectivity index (χ0) is 11.1. The van der Waals surface area contributed by atoms with Crippen molar-refractivity contribution in [2.75, 3.05) is 20.2 Å². The molecule has 0 spiro atoms. The fourth-order valence-corrected chi connectivity index (χ4v) is 0.987. The maximum Gasteiger partial charge on any atom is 0.271 e. The van der Waals surface area contributed by atoms with Crippen LogP contribution in [0.5, 0.6) is 0 Å². The van der Waals surface area contributed by atoms with Gasteiger partial charge in [0.25, 0.3) is 5.91 Å². The van der Waals surface area contributed by atoms with Crippen LogP contribution in [0.1, 0.15) is 16.2 Å². The van der Waals surface area contributed by atoms with Crippen LogP contribution in [0.25, 0.3) is 0 Å². The van der Waals surface area contributed by atoms with Crippen molar-refractivity contribution in [3.63, 3.8) is 0 Å². The molecule has 3 N–H and O–H groups in total. The molecule has 1 rings (SSSR count). The Kier molecular flexibility index (Phi) is 4.65. The summed E-state index contributed by atoms with van der Waals surface area (Å²) in [6, 6.07) is 0. The normalized spacial score (nSPS) is 10.0. The monoisotopic (exact) mass is 210 g/mol. The maximum atomic E-state index is 11.1. The Labute approximate surface area is 87.8 Å². The highest BCUT2D eigenvalue weighted by Gasteiger charge is 2.04.